The molecule has 0 bridgehead atoms. The molecule has 4 atom stereocenters. The topological polar surface area (TPSA) is 120 Å². The molecular formula is C39H53F5N3O6PS. The number of alkyl halides is 5. The third kappa shape index (κ3) is 13.5. The lowest BCUT2D eigenvalue weighted by atomic mass is 9.83. The van der Waals surface area contributed by atoms with Crippen LogP contribution in [0.4, 0.5) is 22.0 Å². The summed E-state index contributed by atoms with van der Waals surface area (Å²) >= 11 is 1.21. The van der Waals surface area contributed by atoms with Crippen LogP contribution in [-0.4, -0.2) is 89.7 Å². The number of amides is 2. The maximum Gasteiger partial charge on any atom is 0.418 e. The second kappa shape index (κ2) is 22.8. The summed E-state index contributed by atoms with van der Waals surface area (Å²) in [6, 6.07) is 10.8. The Labute approximate surface area is 326 Å². The van der Waals surface area contributed by atoms with Crippen LogP contribution in [0.2, 0.25) is 0 Å². The highest BCUT2D eigenvalue weighted by atomic mass is 32.1. The van der Waals surface area contributed by atoms with Crippen molar-refractivity contribution < 1.29 is 51.3 Å². The fraction of sp³-hybridized carbons (Fsp3) is 0.538. The number of para-hydroxylation sites is 1. The van der Waals surface area contributed by atoms with Crippen LogP contribution in [0.15, 0.2) is 54.0 Å². The van der Waals surface area contributed by atoms with E-state index < -0.39 is 46.6 Å². The number of halogens is 5. The fourth-order valence-electron chi connectivity index (χ4n) is 6.57. The molecule has 306 valence electrons. The van der Waals surface area contributed by atoms with Gasteiger partial charge in [-0.05, 0) is 81.7 Å². The predicted molar refractivity (Wildman–Crippen MR) is 207 cm³/mol. The number of aromatic hydroxyl groups is 1. The molecule has 0 spiro atoms. The SMILES string of the molecule is CCCC1C(C(=O)N2CCC(c3ccccc3OCC(C)(C)C=O)CC2)CCCN1C(=O)c1ncccc1C(F)(F)F.CF.CO.Oc1csc(C(F)P)c1. The minimum atomic E-state index is -4.71. The van der Waals surface area contributed by atoms with Gasteiger partial charge in [0.25, 0.3) is 5.91 Å². The van der Waals surface area contributed by atoms with Crippen LogP contribution in [0.1, 0.15) is 97.6 Å². The Balaban J connectivity index is 0.000000690. The van der Waals surface area contributed by atoms with Crippen LogP contribution in [0.25, 0.3) is 0 Å². The van der Waals surface area contributed by atoms with Crippen molar-refractivity contribution in [3.8, 4) is 11.5 Å². The minimum absolute atomic E-state index is 0.0428. The summed E-state index contributed by atoms with van der Waals surface area (Å²) < 4.78 is 68.8. The largest absolute Gasteiger partial charge is 0.507 e. The van der Waals surface area contributed by atoms with Gasteiger partial charge in [-0.1, -0.05) is 40.8 Å². The summed E-state index contributed by atoms with van der Waals surface area (Å²) in [5, 5.41) is 17.2. The monoisotopic (exact) mass is 817 g/mol. The number of carbonyl (C=O) groups excluding carboxylic acids is 3. The molecule has 9 nitrogen and oxygen atoms in total. The molecule has 2 amide bonds. The molecule has 2 aliphatic heterocycles. The standard InChI is InChI=1S/C32H40F3N3O4.C5H6FOPS.CH3F.CH4O/c1-4-9-26-24(11-8-17-38(26)30(41)28-25(32(33,34)35)12-7-16-36-28)29(40)37-18-14-22(15-19-37)23-10-5-6-13-27(23)42-21-31(2,3)20-39;6-5(8)4-1-3(7)2-9-4;2*1-2/h5-7,10,12-13,16,20,22,24,26H,4,8-9,11,14-15,17-19,21H2,1-3H3;1-2,5,7H,8H2;1H3;2H,1H3. The Morgan fingerprint density at radius 1 is 1.07 bits per heavy atom. The zero-order chi connectivity index (χ0) is 41.3. The van der Waals surface area contributed by atoms with E-state index in [1.165, 1.54) is 39.9 Å². The molecular weight excluding hydrogens is 764 g/mol. The van der Waals surface area contributed by atoms with Crippen LogP contribution >= 0.6 is 20.6 Å². The van der Waals surface area contributed by atoms with Gasteiger partial charge in [-0.3, -0.25) is 19.0 Å². The van der Waals surface area contributed by atoms with Crippen LogP contribution in [0.5, 0.6) is 11.5 Å². The maximum absolute atomic E-state index is 13.9. The van der Waals surface area contributed by atoms with Crippen molar-refractivity contribution in [3.63, 3.8) is 0 Å². The lowest BCUT2D eigenvalue weighted by Crippen LogP contribution is -2.54. The van der Waals surface area contributed by atoms with Gasteiger partial charge in [-0.2, -0.15) is 13.2 Å². The zero-order valence-corrected chi connectivity index (χ0v) is 33.9. The number of thiophene rings is 1. The molecule has 1 aromatic carbocycles. The van der Waals surface area contributed by atoms with E-state index in [2.05, 4.69) is 4.98 Å². The molecule has 0 radical (unpaired) electrons. The molecule has 2 saturated heterocycles. The minimum Gasteiger partial charge on any atom is -0.507 e. The smallest absolute Gasteiger partial charge is 0.418 e. The number of carbonyl (C=O) groups is 3. The average Bonchev–Trinajstić information content (AvgIpc) is 3.65. The highest BCUT2D eigenvalue weighted by Gasteiger charge is 2.43. The molecule has 55 heavy (non-hydrogen) atoms. The normalized spacial score (nSPS) is 18.0. The number of aldehydes is 1. The van der Waals surface area contributed by atoms with E-state index in [0.29, 0.717) is 57.4 Å². The first kappa shape index (κ1) is 47.5. The maximum atomic E-state index is 13.9. The summed E-state index contributed by atoms with van der Waals surface area (Å²) in [5.74, 6) is -1.26. The molecule has 5 rings (SSSR count). The van der Waals surface area contributed by atoms with E-state index in [-0.39, 0.29) is 24.2 Å². The van der Waals surface area contributed by atoms with Gasteiger partial charge in [0, 0.05) is 49.2 Å². The van der Waals surface area contributed by atoms with Crippen molar-refractivity contribution in [1.29, 1.82) is 0 Å². The van der Waals surface area contributed by atoms with Gasteiger partial charge < -0.3 is 29.5 Å². The molecule has 2 N–H and O–H groups in total. The van der Waals surface area contributed by atoms with E-state index in [9.17, 15) is 36.3 Å². The van der Waals surface area contributed by atoms with Crippen LogP contribution in [0.3, 0.4) is 0 Å². The number of benzene rings is 1. The molecule has 4 heterocycles. The third-order valence-electron chi connectivity index (χ3n) is 9.22. The quantitative estimate of drug-likeness (QED) is 0.120. The molecule has 4 unspecified atom stereocenters. The summed E-state index contributed by atoms with van der Waals surface area (Å²) in [5.41, 5.74) is -1.21. The predicted octanol–water partition coefficient (Wildman–Crippen LogP) is 8.62. The molecule has 2 aromatic heterocycles. The zero-order valence-electron chi connectivity index (χ0n) is 31.9. The Morgan fingerprint density at radius 3 is 2.27 bits per heavy atom. The van der Waals surface area contributed by atoms with Gasteiger partial charge in [-0.15, -0.1) is 11.3 Å². The molecule has 0 aliphatic carbocycles. The number of nitrogens with zero attached hydrogens (tertiary/aromatic N) is 3. The number of aromatic nitrogens is 1. The van der Waals surface area contributed by atoms with Gasteiger partial charge in [-0.25, -0.2) is 4.39 Å². The number of aliphatic hydroxyl groups is 1. The Kier molecular flexibility index (Phi) is 19.7. The van der Waals surface area contributed by atoms with Gasteiger partial charge in [0.2, 0.25) is 5.91 Å². The molecule has 3 aromatic rings. The fourth-order valence-corrected chi connectivity index (χ4v) is 7.55. The van der Waals surface area contributed by atoms with Crippen molar-refractivity contribution in [2.24, 2.45) is 11.3 Å². The first-order valence-electron chi connectivity index (χ1n) is 18.0. The molecule has 2 aliphatic rings. The highest BCUT2D eigenvalue weighted by Crippen LogP contribution is 2.38. The Morgan fingerprint density at radius 2 is 1.73 bits per heavy atom. The van der Waals surface area contributed by atoms with Gasteiger partial charge >= 0.3 is 6.18 Å². The van der Waals surface area contributed by atoms with E-state index >= 15 is 0 Å². The number of hydrogen-bond donors (Lipinski definition) is 2. The number of piperidine rings is 2. The van der Waals surface area contributed by atoms with Crippen molar-refractivity contribution >= 4 is 38.7 Å². The summed E-state index contributed by atoms with van der Waals surface area (Å²) in [6.45, 7) is 7.24. The summed E-state index contributed by atoms with van der Waals surface area (Å²) in [4.78, 5) is 46.3. The van der Waals surface area contributed by atoms with E-state index in [1.807, 2.05) is 59.2 Å². The Hall–Kier alpha value is -3.68. The van der Waals surface area contributed by atoms with E-state index in [1.54, 1.807) is 0 Å². The van der Waals surface area contributed by atoms with E-state index in [4.69, 9.17) is 14.9 Å². The number of hydrogen-bond acceptors (Lipinski definition) is 8. The third-order valence-corrected chi connectivity index (χ3v) is 10.8. The first-order valence-corrected chi connectivity index (χ1v) is 19.5. The average molecular weight is 818 g/mol. The molecule has 2 fully saturated rings. The molecule has 0 saturated carbocycles. The lowest BCUT2D eigenvalue weighted by molar-refractivity contribution is -0.141. The van der Waals surface area contributed by atoms with Crippen molar-refractivity contribution in [3.05, 3.63) is 75.7 Å². The van der Waals surface area contributed by atoms with Crippen molar-refractivity contribution in [1.82, 2.24) is 14.8 Å². The van der Waals surface area contributed by atoms with Gasteiger partial charge in [0.05, 0.1) is 30.7 Å². The van der Waals surface area contributed by atoms with Crippen LogP contribution in [0, 0.1) is 11.3 Å². The second-order valence-corrected chi connectivity index (χ2v) is 15.2. The van der Waals surface area contributed by atoms with Gasteiger partial charge in [0.1, 0.15) is 29.4 Å². The molecule has 16 heteroatoms. The summed E-state index contributed by atoms with van der Waals surface area (Å²) in [6.07, 6.45) is 1.18. The van der Waals surface area contributed by atoms with Crippen molar-refractivity contribution in [2.45, 2.75) is 83.3 Å². The van der Waals surface area contributed by atoms with Crippen LogP contribution in [-0.2, 0) is 15.8 Å². The Bertz CT molecular complexity index is 1630. The number of aliphatic hydroxyl groups excluding tert-OH is 1. The van der Waals surface area contributed by atoms with E-state index in [0.717, 1.165) is 43.6 Å². The van der Waals surface area contributed by atoms with Gasteiger partial charge in [0.15, 0.2) is 0 Å². The van der Waals surface area contributed by atoms with Crippen molar-refractivity contribution in [2.75, 3.05) is 40.5 Å². The summed E-state index contributed by atoms with van der Waals surface area (Å²) in [7, 11) is 3.52. The number of pyridine rings is 1. The second-order valence-electron chi connectivity index (χ2n) is 13.6. The highest BCUT2D eigenvalue weighted by molar-refractivity contribution is 7.19. The lowest BCUT2D eigenvalue weighted by Gasteiger charge is -2.43. The first-order chi connectivity index (χ1) is 26.2. The number of likely N-dealkylation sites (tertiary alicyclic amines) is 2. The number of ether oxygens (including phenoxy) is 1. The van der Waals surface area contributed by atoms with Crippen LogP contribution < -0.4 is 4.74 Å². The number of rotatable bonds is 10.